The lowest BCUT2D eigenvalue weighted by atomic mass is 9.80. The van der Waals surface area contributed by atoms with Crippen LogP contribution in [0.15, 0.2) is 205 Å². The molecule has 3 aliphatic carbocycles. The summed E-state index contributed by atoms with van der Waals surface area (Å²) in [4.78, 5) is 45.5. The standard InChI is InChI=1S/C30H37N3O2.C22H27NO3.C22H27NO2/c1-30(2,3)24-16-17-25-23(18-24)19-26(33(25)5)28(34)31-27(22-14-10-7-11-15-22)29(35)32(4)20-21-12-8-6-9-13-21;1-22(2,3)18-9-8-15-10-11-23(19(15)13-18)14-17-7-6-16(21(24)26-5)12-20(17)25-4;1-15(24)17-6-7-18(21(12-17)25-5)14-23-11-10-16-8-9-19(13-20(16)23)22(2,3)4/h6-19,23,25,27,29,35H,20H2,1-5H3,(H,31,34);6-13,15,19H,14H2,1-5H3;6-13,16,20H,14H2,1-5H3. The molecule has 454 valence electrons. The van der Waals surface area contributed by atoms with E-state index in [2.05, 4.69) is 163 Å². The molecule has 1 amide bonds. The monoisotopic (exact) mass is 1160 g/mol. The van der Waals surface area contributed by atoms with Gasteiger partial charge in [0.2, 0.25) is 0 Å². The summed E-state index contributed by atoms with van der Waals surface area (Å²) in [5.41, 5.74) is 10.3. The van der Waals surface area contributed by atoms with E-state index in [0.717, 1.165) is 41.1 Å². The Morgan fingerprint density at radius 2 is 1.07 bits per heavy atom. The minimum atomic E-state index is -0.900. The van der Waals surface area contributed by atoms with Gasteiger partial charge >= 0.3 is 5.97 Å². The zero-order valence-corrected chi connectivity index (χ0v) is 53.2. The van der Waals surface area contributed by atoms with Gasteiger partial charge < -0.3 is 39.3 Å². The number of fused-ring (bicyclic) bond motifs is 3. The van der Waals surface area contributed by atoms with Crippen LogP contribution in [0.4, 0.5) is 0 Å². The molecule has 10 rings (SSSR count). The number of methoxy groups -OCH3 is 3. The van der Waals surface area contributed by atoms with Crippen molar-refractivity contribution in [3.8, 4) is 11.5 Å². The number of ketones is 1. The molecule has 0 saturated carbocycles. The Balaban J connectivity index is 0.000000171. The topological polar surface area (TPSA) is 124 Å². The summed E-state index contributed by atoms with van der Waals surface area (Å²) in [7, 11) is 8.51. The molecule has 3 heterocycles. The molecule has 8 atom stereocenters. The lowest BCUT2D eigenvalue weighted by Crippen LogP contribution is -2.46. The molecule has 2 N–H and O–H groups in total. The van der Waals surface area contributed by atoms with Crippen molar-refractivity contribution in [1.82, 2.24) is 24.9 Å². The molecular formula is C74H91N5O7. The summed E-state index contributed by atoms with van der Waals surface area (Å²) < 4.78 is 15.8. The number of nitrogens with zero attached hydrogens (tertiary/aromatic N) is 4. The van der Waals surface area contributed by atoms with Crippen LogP contribution in [-0.2, 0) is 29.2 Å². The maximum Gasteiger partial charge on any atom is 0.337 e. The molecule has 0 fully saturated rings. The summed E-state index contributed by atoms with van der Waals surface area (Å²) in [6, 6.07) is 31.1. The number of hydrogen-bond donors (Lipinski definition) is 2. The SMILES string of the molecule is CN(Cc1ccccc1)C(O)C(NC(=O)C1=CC2C=C(C(C)(C)C)C=CC2N1C)c1ccccc1.COC(=O)c1ccc(CN2C=CC3C=CC(C(C)(C)C)=CC32)c(OC)c1.COc1cc(C(C)=O)ccc1CN1C=CC2C=CC(C(C)(C)C)=CC21. The Morgan fingerprint density at radius 1 is 0.593 bits per heavy atom. The van der Waals surface area contributed by atoms with Crippen molar-refractivity contribution in [3.63, 3.8) is 0 Å². The van der Waals surface area contributed by atoms with Crippen molar-refractivity contribution in [2.75, 3.05) is 35.4 Å². The average Bonchev–Trinajstić information content (AvgIpc) is 1.93. The highest BCUT2D eigenvalue weighted by Gasteiger charge is 2.38. The number of aliphatic hydroxyl groups excluding tert-OH is 1. The summed E-state index contributed by atoms with van der Waals surface area (Å²) in [6.45, 7) is 23.7. The predicted molar refractivity (Wildman–Crippen MR) is 346 cm³/mol. The third-order valence-electron chi connectivity index (χ3n) is 17.1. The van der Waals surface area contributed by atoms with E-state index in [-0.39, 0.29) is 45.9 Å². The Hall–Kier alpha value is -7.93. The van der Waals surface area contributed by atoms with Crippen LogP contribution in [0.25, 0.3) is 0 Å². The van der Waals surface area contributed by atoms with Gasteiger partial charge in [0.05, 0.1) is 56.8 Å². The van der Waals surface area contributed by atoms with E-state index >= 15 is 0 Å². The van der Waals surface area contributed by atoms with Gasteiger partial charge in [-0.05, 0) is 94.7 Å². The van der Waals surface area contributed by atoms with E-state index in [9.17, 15) is 19.5 Å². The van der Waals surface area contributed by atoms with Crippen LogP contribution in [0.3, 0.4) is 0 Å². The molecule has 6 aliphatic rings. The third kappa shape index (κ3) is 15.4. The van der Waals surface area contributed by atoms with Crippen LogP contribution < -0.4 is 14.8 Å². The largest absolute Gasteiger partial charge is 0.496 e. The normalized spacial score (nSPS) is 21.5. The predicted octanol–water partition coefficient (Wildman–Crippen LogP) is 13.7. The Labute approximate surface area is 512 Å². The number of Topliss-reactive ketones (excluding diaryl/α,β-unsaturated/α-hetero) is 1. The van der Waals surface area contributed by atoms with Crippen molar-refractivity contribution in [3.05, 3.63) is 238 Å². The molecule has 8 unspecified atom stereocenters. The number of carbonyl (C=O) groups excluding carboxylic acids is 3. The maximum absolute atomic E-state index is 13.6. The minimum Gasteiger partial charge on any atom is -0.496 e. The number of esters is 1. The molecule has 0 saturated heterocycles. The molecule has 12 heteroatoms. The second-order valence-corrected chi connectivity index (χ2v) is 26.4. The van der Waals surface area contributed by atoms with Gasteiger partial charge in [0.1, 0.15) is 17.7 Å². The summed E-state index contributed by atoms with van der Waals surface area (Å²) in [6.07, 6.45) is 30.5. The summed E-state index contributed by atoms with van der Waals surface area (Å²) in [5, 5.41) is 14.5. The smallest absolute Gasteiger partial charge is 0.337 e. The number of allylic oxidation sites excluding steroid dienone is 6. The van der Waals surface area contributed by atoms with Crippen LogP contribution in [0, 0.1) is 34.0 Å². The molecule has 12 nitrogen and oxygen atoms in total. The molecular weight excluding hydrogens is 1070 g/mol. The Bertz CT molecular complexity index is 3360. The number of ether oxygens (including phenoxy) is 3. The van der Waals surface area contributed by atoms with E-state index in [1.807, 2.05) is 109 Å². The molecule has 0 radical (unpaired) electrons. The average molecular weight is 1160 g/mol. The van der Waals surface area contributed by atoms with Gasteiger partial charge in [-0.2, -0.15) is 0 Å². The first-order chi connectivity index (χ1) is 40.8. The van der Waals surface area contributed by atoms with E-state index in [4.69, 9.17) is 14.2 Å². The number of nitrogens with one attached hydrogen (secondary N) is 1. The third-order valence-corrected chi connectivity index (χ3v) is 17.1. The summed E-state index contributed by atoms with van der Waals surface area (Å²) >= 11 is 0. The van der Waals surface area contributed by atoms with Gasteiger partial charge in [-0.1, -0.05) is 208 Å². The number of amides is 1. The fraction of sp³-hybridized carbons (Fsp3) is 0.392. The lowest BCUT2D eigenvalue weighted by Gasteiger charge is -2.33. The van der Waals surface area contributed by atoms with Crippen molar-refractivity contribution in [1.29, 1.82) is 0 Å². The highest BCUT2D eigenvalue weighted by Crippen LogP contribution is 2.41. The van der Waals surface area contributed by atoms with E-state index in [0.29, 0.717) is 53.0 Å². The van der Waals surface area contributed by atoms with E-state index < -0.39 is 12.3 Å². The molecule has 4 aromatic rings. The van der Waals surface area contributed by atoms with Gasteiger partial charge in [0, 0.05) is 61.1 Å². The zero-order chi connectivity index (χ0) is 62.3. The first-order valence-electron chi connectivity index (χ1n) is 30.0. The van der Waals surface area contributed by atoms with Crippen LogP contribution in [-0.4, -0.2) is 102 Å². The molecule has 0 aromatic heterocycles. The van der Waals surface area contributed by atoms with E-state index in [1.54, 1.807) is 33.3 Å². The summed E-state index contributed by atoms with van der Waals surface area (Å²) in [5.74, 6) is 1.98. The van der Waals surface area contributed by atoms with Gasteiger partial charge in [-0.3, -0.25) is 14.5 Å². The fourth-order valence-electron chi connectivity index (χ4n) is 11.7. The van der Waals surface area contributed by atoms with Crippen molar-refractivity contribution < 1.29 is 33.7 Å². The van der Waals surface area contributed by atoms with Gasteiger partial charge in [0.15, 0.2) is 5.78 Å². The van der Waals surface area contributed by atoms with Crippen LogP contribution in [0.5, 0.6) is 11.5 Å². The van der Waals surface area contributed by atoms with Crippen LogP contribution >= 0.6 is 0 Å². The van der Waals surface area contributed by atoms with Crippen molar-refractivity contribution in [2.24, 2.45) is 34.0 Å². The Kier molecular flexibility index (Phi) is 20.3. The van der Waals surface area contributed by atoms with E-state index in [1.165, 1.54) is 23.8 Å². The van der Waals surface area contributed by atoms with Crippen LogP contribution in [0.1, 0.15) is 118 Å². The molecule has 3 aliphatic heterocycles. The van der Waals surface area contributed by atoms with Gasteiger partial charge in [0.25, 0.3) is 5.91 Å². The van der Waals surface area contributed by atoms with Crippen molar-refractivity contribution >= 4 is 17.7 Å². The number of likely N-dealkylation sites (N-methyl/N-ethyl adjacent to an activating group) is 2. The highest BCUT2D eigenvalue weighted by atomic mass is 16.5. The second-order valence-electron chi connectivity index (χ2n) is 26.4. The number of benzene rings is 4. The highest BCUT2D eigenvalue weighted by molar-refractivity contribution is 5.95. The molecule has 86 heavy (non-hydrogen) atoms. The lowest BCUT2D eigenvalue weighted by molar-refractivity contribution is -0.122. The maximum atomic E-state index is 13.6. The first kappa shape index (κ1) is 64.1. The minimum absolute atomic E-state index is 0.0566. The quantitative estimate of drug-likeness (QED) is 0.0672. The fourth-order valence-corrected chi connectivity index (χ4v) is 11.7. The zero-order valence-electron chi connectivity index (χ0n) is 53.2. The number of aliphatic hydroxyl groups is 1. The van der Waals surface area contributed by atoms with Crippen molar-refractivity contribution in [2.45, 2.75) is 119 Å². The van der Waals surface area contributed by atoms with Gasteiger partial charge in [-0.25, -0.2) is 4.79 Å². The van der Waals surface area contributed by atoms with Gasteiger partial charge in [-0.15, -0.1) is 0 Å². The number of carbonyl (C=O) groups is 3. The second kappa shape index (κ2) is 27.2. The number of rotatable bonds is 15. The number of hydrogen-bond acceptors (Lipinski definition) is 11. The first-order valence-corrected chi connectivity index (χ1v) is 30.0. The molecule has 0 bridgehead atoms. The Morgan fingerprint density at radius 3 is 1.56 bits per heavy atom. The molecule has 0 spiro atoms. The van der Waals surface area contributed by atoms with Crippen LogP contribution in [0.2, 0.25) is 0 Å². The molecule has 4 aromatic carbocycles.